The predicted octanol–water partition coefficient (Wildman–Crippen LogP) is 3.14. The van der Waals surface area contributed by atoms with Crippen LogP contribution in [0.5, 0.6) is 0 Å². The fraction of sp³-hybridized carbons (Fsp3) is 0.643. The van der Waals surface area contributed by atoms with Crippen LogP contribution >= 0.6 is 0 Å². The van der Waals surface area contributed by atoms with Gasteiger partial charge in [0.1, 0.15) is 0 Å². The maximum absolute atomic E-state index is 13.8. The van der Waals surface area contributed by atoms with E-state index in [0.717, 1.165) is 81.9 Å². The molecule has 3 aliphatic heterocycles. The maximum Gasteiger partial charge on any atom is 0.281 e. The highest BCUT2D eigenvalue weighted by Crippen LogP contribution is 2.37. The summed E-state index contributed by atoms with van der Waals surface area (Å²) >= 11 is 0. The Bertz CT molecular complexity index is 1110. The first kappa shape index (κ1) is 26.0. The van der Waals surface area contributed by atoms with Gasteiger partial charge < -0.3 is 14.4 Å². The van der Waals surface area contributed by atoms with Crippen molar-refractivity contribution in [2.75, 3.05) is 52.6 Å². The molecule has 0 aromatic carbocycles. The molecular formula is C28H39N5O4. The van der Waals surface area contributed by atoms with Gasteiger partial charge in [0.15, 0.2) is 0 Å². The SMILES string of the molecule is CCOCCCCN1CCN(C(=O)C2C=C3C(=NC(=O)c4cnn(C5CCOCC5)c43)C=C2C)C[C@@H]1C. The molecule has 1 unspecified atom stereocenters. The number of aromatic nitrogens is 2. The van der Waals surface area contributed by atoms with Gasteiger partial charge in [0.2, 0.25) is 5.91 Å². The first-order valence-electron chi connectivity index (χ1n) is 13.8. The molecule has 5 rings (SSSR count). The third-order valence-corrected chi connectivity index (χ3v) is 8.03. The van der Waals surface area contributed by atoms with Gasteiger partial charge >= 0.3 is 0 Å². The lowest BCUT2D eigenvalue weighted by Crippen LogP contribution is -2.55. The third kappa shape index (κ3) is 5.35. The van der Waals surface area contributed by atoms with E-state index in [-0.39, 0.29) is 23.8 Å². The highest BCUT2D eigenvalue weighted by Gasteiger charge is 2.37. The molecule has 0 N–H and O–H groups in total. The fourth-order valence-corrected chi connectivity index (χ4v) is 5.88. The molecule has 2 amide bonds. The summed E-state index contributed by atoms with van der Waals surface area (Å²) in [6, 6.07) is 0.491. The fourth-order valence-electron chi connectivity index (χ4n) is 5.88. The molecule has 1 aromatic rings. The summed E-state index contributed by atoms with van der Waals surface area (Å²) in [5.74, 6) is -0.503. The number of unbranched alkanes of at least 4 members (excludes halogenated alkanes) is 1. The second kappa shape index (κ2) is 11.4. The highest BCUT2D eigenvalue weighted by atomic mass is 16.5. The number of fused-ring (bicyclic) bond motifs is 3. The summed E-state index contributed by atoms with van der Waals surface area (Å²) < 4.78 is 13.0. The van der Waals surface area contributed by atoms with Crippen LogP contribution in [0, 0.1) is 5.92 Å². The summed E-state index contributed by atoms with van der Waals surface area (Å²) in [5, 5.41) is 4.60. The lowest BCUT2D eigenvalue weighted by molar-refractivity contribution is -0.135. The second-order valence-corrected chi connectivity index (χ2v) is 10.5. The number of carbonyl (C=O) groups is 2. The molecule has 9 nitrogen and oxygen atoms in total. The zero-order valence-corrected chi connectivity index (χ0v) is 22.3. The van der Waals surface area contributed by atoms with Crippen LogP contribution in [-0.2, 0) is 14.3 Å². The molecule has 0 radical (unpaired) electrons. The van der Waals surface area contributed by atoms with Crippen LogP contribution in [0.4, 0.5) is 0 Å². The third-order valence-electron chi connectivity index (χ3n) is 8.03. The number of carbonyl (C=O) groups excluding carboxylic acids is 2. The predicted molar refractivity (Wildman–Crippen MR) is 142 cm³/mol. The van der Waals surface area contributed by atoms with Gasteiger partial charge in [-0.1, -0.05) is 11.6 Å². The number of hydrogen-bond donors (Lipinski definition) is 0. The van der Waals surface area contributed by atoms with Crippen LogP contribution < -0.4 is 0 Å². The van der Waals surface area contributed by atoms with E-state index in [1.165, 1.54) is 0 Å². The van der Waals surface area contributed by atoms with E-state index in [1.54, 1.807) is 6.20 Å². The van der Waals surface area contributed by atoms with Crippen LogP contribution in [0.2, 0.25) is 0 Å². The van der Waals surface area contributed by atoms with E-state index in [9.17, 15) is 9.59 Å². The molecule has 4 aliphatic rings. The molecular weight excluding hydrogens is 470 g/mol. The van der Waals surface area contributed by atoms with Gasteiger partial charge in [-0.25, -0.2) is 4.99 Å². The minimum absolute atomic E-state index is 0.124. The van der Waals surface area contributed by atoms with Crippen LogP contribution in [0.3, 0.4) is 0 Å². The zero-order valence-electron chi connectivity index (χ0n) is 22.3. The van der Waals surface area contributed by atoms with E-state index in [1.807, 2.05) is 35.6 Å². The van der Waals surface area contributed by atoms with Crippen molar-refractivity contribution in [1.29, 1.82) is 0 Å². The van der Waals surface area contributed by atoms with Crippen molar-refractivity contribution >= 4 is 23.1 Å². The average molecular weight is 510 g/mol. The van der Waals surface area contributed by atoms with Crippen molar-refractivity contribution in [1.82, 2.24) is 19.6 Å². The first-order valence-corrected chi connectivity index (χ1v) is 13.8. The number of nitrogens with zero attached hydrogens (tertiary/aromatic N) is 5. The molecule has 1 aliphatic carbocycles. The lowest BCUT2D eigenvalue weighted by Gasteiger charge is -2.41. The second-order valence-electron chi connectivity index (χ2n) is 10.5. The number of ether oxygens (including phenoxy) is 2. The van der Waals surface area contributed by atoms with Gasteiger partial charge in [0.25, 0.3) is 5.91 Å². The molecule has 2 fully saturated rings. The van der Waals surface area contributed by atoms with E-state index in [0.29, 0.717) is 30.5 Å². The number of aliphatic imine (C=N–C) groups is 1. The monoisotopic (exact) mass is 509 g/mol. The van der Waals surface area contributed by atoms with E-state index in [2.05, 4.69) is 21.9 Å². The quantitative estimate of drug-likeness (QED) is 0.500. The largest absolute Gasteiger partial charge is 0.382 e. The van der Waals surface area contributed by atoms with E-state index in [4.69, 9.17) is 9.47 Å². The molecule has 0 spiro atoms. The molecule has 2 atom stereocenters. The van der Waals surface area contributed by atoms with Crippen molar-refractivity contribution in [3.05, 3.63) is 35.2 Å². The summed E-state index contributed by atoms with van der Waals surface area (Å²) in [6.07, 6.45) is 9.45. The van der Waals surface area contributed by atoms with Gasteiger partial charge in [-0.05, 0) is 59.1 Å². The Balaban J connectivity index is 1.31. The van der Waals surface area contributed by atoms with Crippen molar-refractivity contribution in [3.63, 3.8) is 0 Å². The molecule has 200 valence electrons. The Hall–Kier alpha value is -2.62. The zero-order chi connectivity index (χ0) is 25.9. The molecule has 37 heavy (non-hydrogen) atoms. The van der Waals surface area contributed by atoms with Crippen LogP contribution in [0.15, 0.2) is 28.9 Å². The number of allylic oxidation sites excluding steroid dienone is 2. The highest BCUT2D eigenvalue weighted by molar-refractivity contribution is 6.36. The topological polar surface area (TPSA) is 89.3 Å². The summed E-state index contributed by atoms with van der Waals surface area (Å²) in [6.45, 7) is 12.5. The number of piperazine rings is 1. The van der Waals surface area contributed by atoms with Crippen molar-refractivity contribution in [3.8, 4) is 0 Å². The molecule has 9 heteroatoms. The first-order chi connectivity index (χ1) is 18.0. The minimum Gasteiger partial charge on any atom is -0.382 e. The Morgan fingerprint density at radius 2 is 2.03 bits per heavy atom. The molecule has 4 heterocycles. The molecule has 0 saturated carbocycles. The van der Waals surface area contributed by atoms with Crippen LogP contribution in [0.25, 0.3) is 5.57 Å². The van der Waals surface area contributed by atoms with Crippen molar-refractivity contribution < 1.29 is 19.1 Å². The Kier molecular flexibility index (Phi) is 8.02. The maximum atomic E-state index is 13.8. The van der Waals surface area contributed by atoms with Gasteiger partial charge in [-0.3, -0.25) is 19.2 Å². The lowest BCUT2D eigenvalue weighted by atomic mass is 9.84. The van der Waals surface area contributed by atoms with Crippen molar-refractivity contribution in [2.24, 2.45) is 10.9 Å². The smallest absolute Gasteiger partial charge is 0.281 e. The average Bonchev–Trinajstić information content (AvgIpc) is 3.35. The Morgan fingerprint density at radius 1 is 1.22 bits per heavy atom. The summed E-state index contributed by atoms with van der Waals surface area (Å²) in [7, 11) is 0. The van der Waals surface area contributed by atoms with E-state index < -0.39 is 0 Å². The standard InChI is InChI=1S/C28H39N5O4/c1-4-36-12-6-5-9-31-10-11-32(18-20(31)3)28(35)22-16-23-25(15-19(22)2)30-27(34)24-17-29-33(26(23)24)21-7-13-37-14-8-21/h15-17,20-22H,4-14,18H2,1-3H3/t20-,22?/m0/s1. The van der Waals surface area contributed by atoms with Gasteiger partial charge in [-0.2, -0.15) is 5.10 Å². The normalized spacial score (nSPS) is 24.8. The number of amides is 2. The minimum atomic E-state index is -0.363. The van der Waals surface area contributed by atoms with Gasteiger partial charge in [0, 0.05) is 57.7 Å². The van der Waals surface area contributed by atoms with Gasteiger partial charge in [0.05, 0.1) is 35.1 Å². The summed E-state index contributed by atoms with van der Waals surface area (Å²) in [4.78, 5) is 35.4. The Labute approximate surface area is 219 Å². The molecule has 2 saturated heterocycles. The van der Waals surface area contributed by atoms with Crippen molar-refractivity contribution in [2.45, 2.75) is 58.5 Å². The number of hydrogen-bond acceptors (Lipinski definition) is 6. The van der Waals surface area contributed by atoms with Crippen LogP contribution in [-0.4, -0.2) is 95.8 Å². The molecule has 0 bridgehead atoms. The molecule has 1 aromatic heterocycles. The Morgan fingerprint density at radius 3 is 2.78 bits per heavy atom. The van der Waals surface area contributed by atoms with Gasteiger partial charge in [-0.15, -0.1) is 0 Å². The van der Waals surface area contributed by atoms with Crippen LogP contribution in [0.1, 0.15) is 68.5 Å². The number of rotatable bonds is 8. The van der Waals surface area contributed by atoms with E-state index >= 15 is 0 Å². The summed E-state index contributed by atoms with van der Waals surface area (Å²) in [5.41, 5.74) is 3.73.